The minimum atomic E-state index is -0.600. The van der Waals surface area contributed by atoms with E-state index in [1.807, 2.05) is 6.07 Å². The first-order valence-corrected chi connectivity index (χ1v) is 11.2. The van der Waals surface area contributed by atoms with Crippen molar-refractivity contribution in [3.8, 4) is 34.7 Å². The molecule has 3 heterocycles. The van der Waals surface area contributed by atoms with Crippen LogP contribution in [0.1, 0.15) is 22.6 Å². The van der Waals surface area contributed by atoms with Crippen LogP contribution in [-0.2, 0) is 6.61 Å². The van der Waals surface area contributed by atoms with Gasteiger partial charge in [-0.25, -0.2) is 4.39 Å². The highest BCUT2D eigenvalue weighted by Crippen LogP contribution is 2.47. The number of halogens is 2. The van der Waals surface area contributed by atoms with Gasteiger partial charge in [0.2, 0.25) is 11.8 Å². The summed E-state index contributed by atoms with van der Waals surface area (Å²) < 4.78 is 31.2. The van der Waals surface area contributed by atoms with Crippen LogP contribution in [0.4, 0.5) is 4.39 Å². The van der Waals surface area contributed by atoms with E-state index in [2.05, 4.69) is 21.3 Å². The lowest BCUT2D eigenvalue weighted by Crippen LogP contribution is -2.21. The SMILES string of the molecule is COc1cc(C2C(C#N)=C(N)Oc3n[nH]c(-c4cccnc4)c32)ccc1OCc1c(F)cccc1Cl. The Hall–Kier alpha value is -4.55. The number of rotatable bonds is 6. The largest absolute Gasteiger partial charge is 0.493 e. The number of ether oxygens (including phenoxy) is 3. The molecule has 5 rings (SSSR count). The van der Waals surface area contributed by atoms with Crippen LogP contribution in [0.5, 0.6) is 17.4 Å². The molecule has 36 heavy (non-hydrogen) atoms. The molecule has 2 aromatic carbocycles. The average Bonchev–Trinajstić information content (AvgIpc) is 3.31. The smallest absolute Gasteiger partial charge is 0.244 e. The van der Waals surface area contributed by atoms with E-state index in [1.165, 1.54) is 19.2 Å². The van der Waals surface area contributed by atoms with E-state index in [0.717, 1.165) is 5.56 Å². The quantitative estimate of drug-likeness (QED) is 0.377. The van der Waals surface area contributed by atoms with Crippen molar-refractivity contribution >= 4 is 11.6 Å². The van der Waals surface area contributed by atoms with Crippen LogP contribution >= 0.6 is 11.6 Å². The van der Waals surface area contributed by atoms with Crippen LogP contribution in [-0.4, -0.2) is 22.3 Å². The van der Waals surface area contributed by atoms with Crippen LogP contribution in [0, 0.1) is 17.1 Å². The Morgan fingerprint density at radius 1 is 1.22 bits per heavy atom. The van der Waals surface area contributed by atoms with Crippen molar-refractivity contribution in [1.82, 2.24) is 15.2 Å². The topological polar surface area (TPSA) is 119 Å². The summed E-state index contributed by atoms with van der Waals surface area (Å²) in [7, 11) is 1.49. The lowest BCUT2D eigenvalue weighted by atomic mass is 9.83. The number of aromatic nitrogens is 3. The Morgan fingerprint density at radius 2 is 2.08 bits per heavy atom. The predicted octanol–water partition coefficient (Wildman–Crippen LogP) is 5.07. The molecule has 0 aliphatic carbocycles. The predicted molar refractivity (Wildman–Crippen MR) is 130 cm³/mol. The molecule has 0 bridgehead atoms. The average molecular weight is 504 g/mol. The molecule has 3 N–H and O–H groups in total. The van der Waals surface area contributed by atoms with Gasteiger partial charge in [0.15, 0.2) is 11.5 Å². The number of nitrogens with zero attached hydrogens (tertiary/aromatic N) is 3. The zero-order chi connectivity index (χ0) is 25.2. The summed E-state index contributed by atoms with van der Waals surface area (Å²) in [6.07, 6.45) is 3.35. The third-order valence-electron chi connectivity index (χ3n) is 5.84. The maximum Gasteiger partial charge on any atom is 0.244 e. The molecule has 1 unspecified atom stereocenters. The fourth-order valence-corrected chi connectivity index (χ4v) is 4.33. The lowest BCUT2D eigenvalue weighted by molar-refractivity contribution is 0.279. The van der Waals surface area contributed by atoms with Crippen LogP contribution in [0.15, 0.2) is 72.4 Å². The molecule has 0 radical (unpaired) electrons. The van der Waals surface area contributed by atoms with Gasteiger partial charge in [-0.3, -0.25) is 10.1 Å². The fraction of sp³-hybridized carbons (Fsp3) is 0.115. The monoisotopic (exact) mass is 503 g/mol. The van der Waals surface area contributed by atoms with Gasteiger partial charge in [-0.05, 0) is 42.0 Å². The van der Waals surface area contributed by atoms with Gasteiger partial charge < -0.3 is 19.9 Å². The highest BCUT2D eigenvalue weighted by molar-refractivity contribution is 6.31. The number of methoxy groups -OCH3 is 1. The third-order valence-corrected chi connectivity index (χ3v) is 6.20. The highest BCUT2D eigenvalue weighted by Gasteiger charge is 2.36. The molecule has 10 heteroatoms. The molecule has 0 spiro atoms. The summed E-state index contributed by atoms with van der Waals surface area (Å²) in [6.45, 7) is -0.0915. The molecule has 1 aliphatic rings. The second-order valence-corrected chi connectivity index (χ2v) is 8.29. The second-order valence-electron chi connectivity index (χ2n) is 7.88. The van der Waals surface area contributed by atoms with E-state index in [-0.39, 0.29) is 34.5 Å². The molecule has 8 nitrogen and oxygen atoms in total. The van der Waals surface area contributed by atoms with Gasteiger partial charge in [-0.2, -0.15) is 5.26 Å². The standard InChI is InChI=1S/C26H19ClFN5O3/c1-34-21-10-14(7-8-20(21)35-13-17-18(27)5-2-6-19(17)28)22-16(11-29)25(30)36-26-23(22)24(32-33-26)15-4-3-9-31-12-15/h2-10,12,22H,13,30H2,1H3,(H,32,33). The summed E-state index contributed by atoms with van der Waals surface area (Å²) in [5.74, 6) is -0.0681. The zero-order valence-corrected chi connectivity index (χ0v) is 19.7. The molecule has 0 saturated carbocycles. The number of nitrogens with one attached hydrogen (secondary N) is 1. The van der Waals surface area contributed by atoms with E-state index >= 15 is 0 Å². The summed E-state index contributed by atoms with van der Waals surface area (Å²) in [5.41, 5.74) is 9.30. The molecular weight excluding hydrogens is 485 g/mol. The Bertz CT molecular complexity index is 1490. The first-order valence-electron chi connectivity index (χ1n) is 10.8. The number of hydrogen-bond acceptors (Lipinski definition) is 7. The second kappa shape index (κ2) is 9.60. The van der Waals surface area contributed by atoms with Gasteiger partial charge in [0.05, 0.1) is 29.3 Å². The van der Waals surface area contributed by atoms with Crippen molar-refractivity contribution in [3.63, 3.8) is 0 Å². The molecule has 0 amide bonds. The molecule has 1 atom stereocenters. The van der Waals surface area contributed by atoms with E-state index in [9.17, 15) is 9.65 Å². The fourth-order valence-electron chi connectivity index (χ4n) is 4.11. The van der Waals surface area contributed by atoms with Crippen molar-refractivity contribution in [2.24, 2.45) is 5.73 Å². The minimum absolute atomic E-state index is 0.0345. The molecule has 1 aliphatic heterocycles. The Balaban J connectivity index is 1.55. The van der Waals surface area contributed by atoms with Crippen LogP contribution < -0.4 is 19.9 Å². The zero-order valence-electron chi connectivity index (χ0n) is 19.0. The van der Waals surface area contributed by atoms with E-state index in [0.29, 0.717) is 28.3 Å². The van der Waals surface area contributed by atoms with Crippen molar-refractivity contribution in [1.29, 1.82) is 5.26 Å². The first kappa shape index (κ1) is 23.2. The normalized spacial score (nSPS) is 14.6. The van der Waals surface area contributed by atoms with Gasteiger partial charge in [0, 0.05) is 23.5 Å². The molecule has 2 aromatic heterocycles. The Morgan fingerprint density at radius 3 is 2.81 bits per heavy atom. The number of allylic oxidation sites excluding steroid dienone is 1. The van der Waals surface area contributed by atoms with Crippen LogP contribution in [0.2, 0.25) is 5.02 Å². The van der Waals surface area contributed by atoms with Crippen molar-refractivity contribution in [2.75, 3.05) is 7.11 Å². The van der Waals surface area contributed by atoms with Crippen LogP contribution in [0.25, 0.3) is 11.3 Å². The van der Waals surface area contributed by atoms with Gasteiger partial charge in [-0.1, -0.05) is 23.7 Å². The Labute approximate surface area is 210 Å². The molecule has 4 aromatic rings. The number of hydrogen-bond donors (Lipinski definition) is 2. The highest BCUT2D eigenvalue weighted by atomic mass is 35.5. The number of aromatic amines is 1. The summed E-state index contributed by atoms with van der Waals surface area (Å²) in [6, 6.07) is 15.5. The van der Waals surface area contributed by atoms with E-state index in [4.69, 9.17) is 31.5 Å². The third kappa shape index (κ3) is 4.08. The summed E-state index contributed by atoms with van der Waals surface area (Å²) in [4.78, 5) is 4.18. The van der Waals surface area contributed by atoms with Gasteiger partial charge >= 0.3 is 0 Å². The van der Waals surface area contributed by atoms with Crippen molar-refractivity contribution < 1.29 is 18.6 Å². The van der Waals surface area contributed by atoms with E-state index < -0.39 is 11.7 Å². The lowest BCUT2D eigenvalue weighted by Gasteiger charge is -2.24. The summed E-state index contributed by atoms with van der Waals surface area (Å²) in [5, 5.41) is 17.5. The number of H-pyrrole nitrogens is 1. The van der Waals surface area contributed by atoms with Gasteiger partial charge in [-0.15, -0.1) is 5.10 Å². The van der Waals surface area contributed by atoms with Crippen molar-refractivity contribution in [3.05, 3.63) is 99.9 Å². The molecular formula is C26H19ClFN5O3. The number of benzene rings is 2. The molecule has 0 fully saturated rings. The number of nitriles is 1. The summed E-state index contributed by atoms with van der Waals surface area (Å²) >= 11 is 6.12. The van der Waals surface area contributed by atoms with E-state index in [1.54, 1.807) is 42.7 Å². The van der Waals surface area contributed by atoms with Crippen LogP contribution in [0.3, 0.4) is 0 Å². The van der Waals surface area contributed by atoms with Crippen molar-refractivity contribution in [2.45, 2.75) is 12.5 Å². The minimum Gasteiger partial charge on any atom is -0.493 e. The van der Waals surface area contributed by atoms with Gasteiger partial charge in [0.25, 0.3) is 0 Å². The Kier molecular flexibility index (Phi) is 6.19. The maximum atomic E-state index is 14.2. The maximum absolute atomic E-state index is 14.2. The molecule has 180 valence electrons. The first-order chi connectivity index (χ1) is 17.5. The number of fused-ring (bicyclic) bond motifs is 1. The van der Waals surface area contributed by atoms with Gasteiger partial charge in [0.1, 0.15) is 24.1 Å². The molecule has 0 saturated heterocycles. The number of pyridine rings is 1. The number of nitrogens with two attached hydrogens (primary N) is 1.